The van der Waals surface area contributed by atoms with Gasteiger partial charge in [0.15, 0.2) is 11.5 Å². The molecule has 3 aromatic rings. The summed E-state index contributed by atoms with van der Waals surface area (Å²) in [6, 6.07) is 16.4. The molecule has 0 bridgehead atoms. The second-order valence-corrected chi connectivity index (χ2v) is 6.16. The summed E-state index contributed by atoms with van der Waals surface area (Å²) < 4.78 is 13.6. The summed E-state index contributed by atoms with van der Waals surface area (Å²) in [7, 11) is 0. The molecule has 1 heterocycles. The van der Waals surface area contributed by atoms with Gasteiger partial charge in [0.25, 0.3) is 5.91 Å². The zero-order valence-electron chi connectivity index (χ0n) is 15.3. The number of rotatable bonds is 7. The van der Waals surface area contributed by atoms with E-state index in [-0.39, 0.29) is 17.3 Å². The molecule has 0 saturated heterocycles. The highest BCUT2D eigenvalue weighted by molar-refractivity contribution is 6.03. The molecule has 3 rings (SSSR count). The predicted molar refractivity (Wildman–Crippen MR) is 105 cm³/mol. The quantitative estimate of drug-likeness (QED) is 0.612. The number of halogens is 1. The van der Waals surface area contributed by atoms with Crippen LogP contribution in [0.2, 0.25) is 0 Å². The molecule has 0 spiro atoms. The molecule has 0 aliphatic rings. The van der Waals surface area contributed by atoms with Crippen molar-refractivity contribution < 1.29 is 14.0 Å². The number of hydrogen-bond donors (Lipinski definition) is 2. The lowest BCUT2D eigenvalue weighted by Crippen LogP contribution is -2.15. The fraction of sp³-hybridized carbons (Fsp3) is 0.143. The van der Waals surface area contributed by atoms with Crippen LogP contribution in [0.15, 0.2) is 60.7 Å². The molecule has 0 saturated carbocycles. The Bertz CT molecular complexity index is 990. The molecule has 7 heteroatoms. The van der Waals surface area contributed by atoms with Gasteiger partial charge in [0.1, 0.15) is 11.6 Å². The third kappa shape index (κ3) is 4.97. The molecular formula is C21H19FN4O2. The number of nitrogens with zero attached hydrogens (tertiary/aromatic N) is 2. The third-order valence-corrected chi connectivity index (χ3v) is 4.08. The number of nitrogens with one attached hydrogen (secondary N) is 2. The fourth-order valence-corrected chi connectivity index (χ4v) is 2.59. The van der Waals surface area contributed by atoms with Crippen molar-refractivity contribution >= 4 is 23.2 Å². The van der Waals surface area contributed by atoms with Gasteiger partial charge in [-0.2, -0.15) is 0 Å². The lowest BCUT2D eigenvalue weighted by molar-refractivity contribution is 0.100. The molecular weight excluding hydrogens is 359 g/mol. The van der Waals surface area contributed by atoms with Crippen molar-refractivity contribution in [3.05, 3.63) is 83.3 Å². The van der Waals surface area contributed by atoms with Crippen LogP contribution in [0.5, 0.6) is 0 Å². The van der Waals surface area contributed by atoms with Gasteiger partial charge in [-0.05, 0) is 49.2 Å². The minimum Gasteiger partial charge on any atom is -0.368 e. The maximum Gasteiger partial charge on any atom is 0.276 e. The SMILES string of the molecule is CC(=O)c1cccc(NC(=O)c2ccc(NCCc3ccccc3F)nn2)c1. The first kappa shape index (κ1) is 19.2. The van der Waals surface area contributed by atoms with Gasteiger partial charge >= 0.3 is 0 Å². The number of amides is 1. The first-order chi connectivity index (χ1) is 13.5. The Hall–Kier alpha value is -3.61. The Morgan fingerprint density at radius 3 is 2.54 bits per heavy atom. The molecule has 0 unspecified atom stereocenters. The Morgan fingerprint density at radius 2 is 1.82 bits per heavy atom. The van der Waals surface area contributed by atoms with E-state index in [0.717, 1.165) is 0 Å². The van der Waals surface area contributed by atoms with Crippen LogP contribution in [0.25, 0.3) is 0 Å². The molecule has 1 aromatic heterocycles. The highest BCUT2D eigenvalue weighted by atomic mass is 19.1. The van der Waals surface area contributed by atoms with Crippen molar-refractivity contribution in [2.75, 3.05) is 17.2 Å². The molecule has 0 fully saturated rings. The molecule has 6 nitrogen and oxygen atoms in total. The van der Waals surface area contributed by atoms with Crippen LogP contribution in [-0.4, -0.2) is 28.4 Å². The molecule has 2 N–H and O–H groups in total. The van der Waals surface area contributed by atoms with Crippen LogP contribution in [0, 0.1) is 5.82 Å². The van der Waals surface area contributed by atoms with E-state index in [1.807, 2.05) is 0 Å². The Morgan fingerprint density at radius 1 is 1.00 bits per heavy atom. The van der Waals surface area contributed by atoms with E-state index < -0.39 is 5.91 Å². The first-order valence-corrected chi connectivity index (χ1v) is 8.76. The molecule has 0 atom stereocenters. The van der Waals surface area contributed by atoms with Gasteiger partial charge in [0, 0.05) is 17.8 Å². The monoisotopic (exact) mass is 378 g/mol. The second kappa shape index (κ2) is 8.85. The molecule has 1 amide bonds. The summed E-state index contributed by atoms with van der Waals surface area (Å²) in [5.41, 5.74) is 1.78. The average molecular weight is 378 g/mol. The van der Waals surface area contributed by atoms with Crippen LogP contribution < -0.4 is 10.6 Å². The van der Waals surface area contributed by atoms with Gasteiger partial charge in [-0.1, -0.05) is 30.3 Å². The maximum absolute atomic E-state index is 13.6. The standard InChI is InChI=1S/C21H19FN4O2/c1-14(27)16-6-4-7-17(13-16)24-21(28)19-9-10-20(26-25-19)23-12-11-15-5-2-3-8-18(15)22/h2-10,13H,11-12H2,1H3,(H,23,26)(H,24,28). The Kier molecular flexibility index (Phi) is 6.06. The van der Waals surface area contributed by atoms with Crippen LogP contribution in [0.4, 0.5) is 15.9 Å². The van der Waals surface area contributed by atoms with Gasteiger partial charge in [0.05, 0.1) is 0 Å². The lowest BCUT2D eigenvalue weighted by atomic mass is 10.1. The largest absolute Gasteiger partial charge is 0.368 e. The predicted octanol–water partition coefficient (Wildman–Crippen LogP) is 3.73. The van der Waals surface area contributed by atoms with Gasteiger partial charge < -0.3 is 10.6 Å². The highest BCUT2D eigenvalue weighted by Gasteiger charge is 2.10. The molecule has 28 heavy (non-hydrogen) atoms. The number of carbonyl (C=O) groups excluding carboxylic acids is 2. The molecule has 0 aliphatic heterocycles. The van der Waals surface area contributed by atoms with Crippen molar-refractivity contribution in [3.8, 4) is 0 Å². The third-order valence-electron chi connectivity index (χ3n) is 4.08. The Balaban J connectivity index is 1.56. The van der Waals surface area contributed by atoms with Crippen LogP contribution >= 0.6 is 0 Å². The van der Waals surface area contributed by atoms with E-state index >= 15 is 0 Å². The smallest absolute Gasteiger partial charge is 0.276 e. The maximum atomic E-state index is 13.6. The van der Waals surface area contributed by atoms with Crippen LogP contribution in [0.3, 0.4) is 0 Å². The number of carbonyl (C=O) groups is 2. The van der Waals surface area contributed by atoms with E-state index in [4.69, 9.17) is 0 Å². The van der Waals surface area contributed by atoms with Gasteiger partial charge in [-0.15, -0.1) is 10.2 Å². The van der Waals surface area contributed by atoms with E-state index in [0.29, 0.717) is 35.6 Å². The van der Waals surface area contributed by atoms with Crippen LogP contribution in [-0.2, 0) is 6.42 Å². The number of hydrogen-bond acceptors (Lipinski definition) is 5. The number of aromatic nitrogens is 2. The second-order valence-electron chi connectivity index (χ2n) is 6.16. The van der Waals surface area contributed by atoms with Crippen molar-refractivity contribution in [2.45, 2.75) is 13.3 Å². The van der Waals surface area contributed by atoms with Gasteiger partial charge in [-0.25, -0.2) is 4.39 Å². The zero-order valence-corrected chi connectivity index (χ0v) is 15.3. The van der Waals surface area contributed by atoms with Crippen molar-refractivity contribution in [2.24, 2.45) is 0 Å². The molecule has 0 radical (unpaired) electrons. The summed E-state index contributed by atoms with van der Waals surface area (Å²) in [6.45, 7) is 1.95. The van der Waals surface area contributed by atoms with Crippen molar-refractivity contribution in [1.82, 2.24) is 10.2 Å². The zero-order chi connectivity index (χ0) is 19.9. The van der Waals surface area contributed by atoms with Gasteiger partial charge in [0.2, 0.25) is 0 Å². The van der Waals surface area contributed by atoms with E-state index in [1.54, 1.807) is 54.6 Å². The molecule has 2 aromatic carbocycles. The lowest BCUT2D eigenvalue weighted by Gasteiger charge is -2.08. The molecule has 142 valence electrons. The first-order valence-electron chi connectivity index (χ1n) is 8.76. The Labute approximate surface area is 161 Å². The number of Topliss-reactive ketones (excluding diaryl/α,β-unsaturated/α-hetero) is 1. The van der Waals surface area contributed by atoms with E-state index in [1.165, 1.54) is 13.0 Å². The van der Waals surface area contributed by atoms with E-state index in [2.05, 4.69) is 20.8 Å². The number of ketones is 1. The normalized spacial score (nSPS) is 10.4. The van der Waals surface area contributed by atoms with Crippen molar-refractivity contribution in [3.63, 3.8) is 0 Å². The summed E-state index contributed by atoms with van der Waals surface area (Å²) >= 11 is 0. The van der Waals surface area contributed by atoms with Crippen molar-refractivity contribution in [1.29, 1.82) is 0 Å². The molecule has 0 aliphatic carbocycles. The fourth-order valence-electron chi connectivity index (χ4n) is 2.59. The highest BCUT2D eigenvalue weighted by Crippen LogP contribution is 2.13. The summed E-state index contributed by atoms with van der Waals surface area (Å²) in [4.78, 5) is 23.7. The average Bonchev–Trinajstić information content (AvgIpc) is 2.70. The summed E-state index contributed by atoms with van der Waals surface area (Å²) in [5.74, 6) is -0.254. The summed E-state index contributed by atoms with van der Waals surface area (Å²) in [5, 5.41) is 13.6. The number of anilines is 2. The van der Waals surface area contributed by atoms with Crippen LogP contribution in [0.1, 0.15) is 33.3 Å². The summed E-state index contributed by atoms with van der Waals surface area (Å²) in [6.07, 6.45) is 0.503. The number of benzene rings is 2. The minimum absolute atomic E-state index is 0.0818. The van der Waals surface area contributed by atoms with Gasteiger partial charge in [-0.3, -0.25) is 9.59 Å². The van der Waals surface area contributed by atoms with E-state index in [9.17, 15) is 14.0 Å². The minimum atomic E-state index is -0.425. The topological polar surface area (TPSA) is 84.0 Å².